The molecule has 0 spiro atoms. The summed E-state index contributed by atoms with van der Waals surface area (Å²) in [4.78, 5) is 10.6. The van der Waals surface area contributed by atoms with Gasteiger partial charge >= 0.3 is 0 Å². The van der Waals surface area contributed by atoms with Gasteiger partial charge in [0, 0.05) is 18.7 Å². The van der Waals surface area contributed by atoms with Crippen molar-refractivity contribution in [3.8, 4) is 0 Å². The van der Waals surface area contributed by atoms with Crippen LogP contribution in [0.2, 0.25) is 5.02 Å². The van der Waals surface area contributed by atoms with Crippen molar-refractivity contribution in [1.82, 2.24) is 5.32 Å². The Balaban J connectivity index is 2.13. The fourth-order valence-electron chi connectivity index (χ4n) is 2.02. The van der Waals surface area contributed by atoms with Crippen molar-refractivity contribution in [3.05, 3.63) is 74.5 Å². The normalized spacial score (nSPS) is 12.1. The van der Waals surface area contributed by atoms with E-state index in [1.807, 2.05) is 6.92 Å². The highest BCUT2D eigenvalue weighted by molar-refractivity contribution is 6.31. The summed E-state index contributed by atoms with van der Waals surface area (Å²) in [5.41, 5.74) is 1.32. The molecule has 2 aromatic rings. The molecule has 0 aliphatic carbocycles. The van der Waals surface area contributed by atoms with Crippen LogP contribution in [0.15, 0.2) is 42.5 Å². The van der Waals surface area contributed by atoms with Crippen molar-refractivity contribution in [2.75, 3.05) is 0 Å². The van der Waals surface area contributed by atoms with Gasteiger partial charge in [-0.25, -0.2) is 4.39 Å². The van der Waals surface area contributed by atoms with Crippen LogP contribution < -0.4 is 5.32 Å². The molecule has 0 saturated carbocycles. The van der Waals surface area contributed by atoms with Crippen LogP contribution in [0.5, 0.6) is 0 Å². The zero-order chi connectivity index (χ0) is 15.4. The Morgan fingerprint density at radius 3 is 2.57 bits per heavy atom. The van der Waals surface area contributed by atoms with E-state index in [9.17, 15) is 14.5 Å². The number of nitrogens with one attached hydrogen (secondary N) is 1. The molecule has 110 valence electrons. The standard InChI is InChI=1S/C15H14ClFN2O2/c1-10(11-5-7-12(17)8-6-11)18-9-13-14(16)3-2-4-15(13)19(20)21/h2-8,10,18H,9H2,1H3/t10-/m1/s1. The fourth-order valence-corrected chi connectivity index (χ4v) is 2.25. The van der Waals surface area contributed by atoms with Gasteiger partial charge < -0.3 is 5.32 Å². The molecule has 2 rings (SSSR count). The van der Waals surface area contributed by atoms with Gasteiger partial charge in [-0.2, -0.15) is 0 Å². The molecule has 21 heavy (non-hydrogen) atoms. The van der Waals surface area contributed by atoms with Crippen LogP contribution in [0.25, 0.3) is 0 Å². The minimum atomic E-state index is -0.453. The maximum atomic E-state index is 12.9. The smallest absolute Gasteiger partial charge is 0.275 e. The van der Waals surface area contributed by atoms with Gasteiger partial charge in [0.25, 0.3) is 5.69 Å². The number of nitro groups is 1. The lowest BCUT2D eigenvalue weighted by atomic mass is 10.1. The van der Waals surface area contributed by atoms with Gasteiger partial charge in [-0.3, -0.25) is 10.1 Å². The third kappa shape index (κ3) is 3.77. The summed E-state index contributed by atoms with van der Waals surface area (Å²) in [6, 6.07) is 10.6. The first-order valence-electron chi connectivity index (χ1n) is 6.39. The van der Waals surface area contributed by atoms with Crippen molar-refractivity contribution in [1.29, 1.82) is 0 Å². The summed E-state index contributed by atoms with van der Waals surface area (Å²) < 4.78 is 12.9. The van der Waals surface area contributed by atoms with Crippen LogP contribution in [0.3, 0.4) is 0 Å². The number of halogens is 2. The number of nitrogens with zero attached hydrogens (tertiary/aromatic N) is 1. The van der Waals surface area contributed by atoms with Crippen molar-refractivity contribution in [2.24, 2.45) is 0 Å². The third-order valence-electron chi connectivity index (χ3n) is 3.25. The highest BCUT2D eigenvalue weighted by Crippen LogP contribution is 2.26. The van der Waals surface area contributed by atoms with Crippen LogP contribution in [0.1, 0.15) is 24.1 Å². The Morgan fingerprint density at radius 2 is 1.95 bits per heavy atom. The summed E-state index contributed by atoms with van der Waals surface area (Å²) in [6.07, 6.45) is 0. The van der Waals surface area contributed by atoms with Crippen molar-refractivity contribution in [3.63, 3.8) is 0 Å². The van der Waals surface area contributed by atoms with Crippen molar-refractivity contribution >= 4 is 17.3 Å². The van der Waals surface area contributed by atoms with Gasteiger partial charge in [0.1, 0.15) is 5.82 Å². The molecular weight excluding hydrogens is 295 g/mol. The highest BCUT2D eigenvalue weighted by atomic mass is 35.5. The first-order chi connectivity index (χ1) is 9.99. The molecule has 1 atom stereocenters. The van der Waals surface area contributed by atoms with E-state index in [1.54, 1.807) is 24.3 Å². The van der Waals surface area contributed by atoms with Crippen LogP contribution in [-0.2, 0) is 6.54 Å². The fraction of sp³-hybridized carbons (Fsp3) is 0.200. The molecule has 4 nitrogen and oxygen atoms in total. The topological polar surface area (TPSA) is 55.2 Å². The molecule has 0 saturated heterocycles. The minimum absolute atomic E-state index is 0.0127. The molecule has 0 bridgehead atoms. The first kappa shape index (κ1) is 15.4. The Morgan fingerprint density at radius 1 is 1.29 bits per heavy atom. The second-order valence-corrected chi connectivity index (χ2v) is 5.06. The molecule has 1 N–H and O–H groups in total. The molecule has 0 heterocycles. The third-order valence-corrected chi connectivity index (χ3v) is 3.60. The number of hydrogen-bond donors (Lipinski definition) is 1. The predicted octanol–water partition coefficient (Wildman–Crippen LogP) is 4.24. The molecule has 0 aliphatic rings. The first-order valence-corrected chi connectivity index (χ1v) is 6.77. The SMILES string of the molecule is C[C@@H](NCc1c(Cl)cccc1[N+](=O)[O-])c1ccc(F)cc1. The van der Waals surface area contributed by atoms with Gasteiger partial charge in [-0.1, -0.05) is 29.8 Å². The minimum Gasteiger partial charge on any atom is -0.306 e. The van der Waals surface area contributed by atoms with E-state index in [0.29, 0.717) is 10.6 Å². The second kappa shape index (κ2) is 6.65. The van der Waals surface area contributed by atoms with E-state index >= 15 is 0 Å². The monoisotopic (exact) mass is 308 g/mol. The van der Waals surface area contributed by atoms with Crippen LogP contribution >= 0.6 is 11.6 Å². The van der Waals surface area contributed by atoms with E-state index in [2.05, 4.69) is 5.32 Å². The maximum Gasteiger partial charge on any atom is 0.275 e. The zero-order valence-electron chi connectivity index (χ0n) is 11.3. The molecule has 6 heteroatoms. The van der Waals surface area contributed by atoms with E-state index < -0.39 is 4.92 Å². The van der Waals surface area contributed by atoms with Gasteiger partial charge in [-0.15, -0.1) is 0 Å². The number of rotatable bonds is 5. The largest absolute Gasteiger partial charge is 0.306 e. The van der Waals surface area contributed by atoms with Crippen molar-refractivity contribution < 1.29 is 9.31 Å². The predicted molar refractivity (Wildman–Crippen MR) is 79.8 cm³/mol. The summed E-state index contributed by atoms with van der Waals surface area (Å²) in [7, 11) is 0. The summed E-state index contributed by atoms with van der Waals surface area (Å²) >= 11 is 6.03. The number of nitro benzene ring substituents is 1. The summed E-state index contributed by atoms with van der Waals surface area (Å²) in [5.74, 6) is -0.298. The summed E-state index contributed by atoms with van der Waals surface area (Å²) in [5, 5.41) is 14.5. The molecule has 0 aromatic heterocycles. The van der Waals surface area contributed by atoms with E-state index in [-0.39, 0.29) is 24.1 Å². The lowest BCUT2D eigenvalue weighted by molar-refractivity contribution is -0.385. The molecular formula is C15H14ClFN2O2. The zero-order valence-corrected chi connectivity index (χ0v) is 12.1. The van der Waals surface area contributed by atoms with Gasteiger partial charge in [-0.05, 0) is 30.7 Å². The molecule has 0 radical (unpaired) electrons. The highest BCUT2D eigenvalue weighted by Gasteiger charge is 2.17. The molecule has 0 unspecified atom stereocenters. The van der Waals surface area contributed by atoms with E-state index in [1.165, 1.54) is 18.2 Å². The molecule has 2 aromatic carbocycles. The molecule has 0 fully saturated rings. The second-order valence-electron chi connectivity index (χ2n) is 4.65. The maximum absolute atomic E-state index is 12.9. The average molecular weight is 309 g/mol. The van der Waals surface area contributed by atoms with Gasteiger partial charge in [0.05, 0.1) is 15.5 Å². The summed E-state index contributed by atoms with van der Waals surface area (Å²) in [6.45, 7) is 2.16. The van der Waals surface area contributed by atoms with Crippen LogP contribution in [0.4, 0.5) is 10.1 Å². The average Bonchev–Trinajstić information content (AvgIpc) is 2.46. The molecule has 0 aliphatic heterocycles. The Kier molecular flexibility index (Phi) is 4.88. The van der Waals surface area contributed by atoms with Crippen LogP contribution in [-0.4, -0.2) is 4.92 Å². The lowest BCUT2D eigenvalue weighted by Gasteiger charge is -2.15. The Labute approximate surface area is 126 Å². The number of benzene rings is 2. The van der Waals surface area contributed by atoms with Gasteiger partial charge in [0.2, 0.25) is 0 Å². The molecule has 0 amide bonds. The Hall–Kier alpha value is -1.98. The van der Waals surface area contributed by atoms with Gasteiger partial charge in [0.15, 0.2) is 0 Å². The quantitative estimate of drug-likeness (QED) is 0.664. The van der Waals surface area contributed by atoms with Crippen LogP contribution in [0, 0.1) is 15.9 Å². The number of hydrogen-bond acceptors (Lipinski definition) is 3. The van der Waals surface area contributed by atoms with E-state index in [0.717, 1.165) is 5.56 Å². The van der Waals surface area contributed by atoms with E-state index in [4.69, 9.17) is 11.6 Å². The Bertz CT molecular complexity index is 647. The lowest BCUT2D eigenvalue weighted by Crippen LogP contribution is -2.19. The van der Waals surface area contributed by atoms with Crippen molar-refractivity contribution in [2.45, 2.75) is 19.5 Å².